The van der Waals surface area contributed by atoms with Gasteiger partial charge in [-0.1, -0.05) is 0 Å². The number of aromatic nitrogens is 1. The van der Waals surface area contributed by atoms with Gasteiger partial charge < -0.3 is 15.7 Å². The van der Waals surface area contributed by atoms with Crippen LogP contribution in [0.4, 0.5) is 5.13 Å². The van der Waals surface area contributed by atoms with Crippen LogP contribution < -0.4 is 10.6 Å². The summed E-state index contributed by atoms with van der Waals surface area (Å²) in [5, 5.41) is 10.0. The summed E-state index contributed by atoms with van der Waals surface area (Å²) < 4.78 is 0. The number of hydrogen-bond acceptors (Lipinski definition) is 5. The first-order chi connectivity index (χ1) is 7.79. The first-order valence-electron chi connectivity index (χ1n) is 5.85. The van der Waals surface area contributed by atoms with E-state index in [1.807, 2.05) is 6.20 Å². The molecule has 0 radical (unpaired) electrons. The molecule has 0 saturated carbocycles. The molecule has 4 nitrogen and oxygen atoms in total. The van der Waals surface area contributed by atoms with Crippen LogP contribution in [0.3, 0.4) is 0 Å². The molecule has 0 spiro atoms. The Labute approximate surface area is 112 Å². The second-order valence-electron chi connectivity index (χ2n) is 4.30. The summed E-state index contributed by atoms with van der Waals surface area (Å²) in [5.74, 6) is 0. The zero-order valence-electron chi connectivity index (χ0n) is 9.84. The van der Waals surface area contributed by atoms with Gasteiger partial charge in [-0.25, -0.2) is 4.98 Å². The number of nitrogens with zero attached hydrogens (tertiary/aromatic N) is 2. The quantitative estimate of drug-likeness (QED) is 0.874. The number of hydrogen-bond donors (Lipinski definition) is 2. The van der Waals surface area contributed by atoms with Gasteiger partial charge in [0.1, 0.15) is 0 Å². The summed E-state index contributed by atoms with van der Waals surface area (Å²) in [4.78, 5) is 7.95. The van der Waals surface area contributed by atoms with Crippen molar-refractivity contribution in [1.82, 2.24) is 4.98 Å². The van der Waals surface area contributed by atoms with Gasteiger partial charge in [-0.3, -0.25) is 0 Å². The third-order valence-electron chi connectivity index (χ3n) is 2.87. The molecular weight excluding hydrogens is 258 g/mol. The van der Waals surface area contributed by atoms with Gasteiger partial charge in [-0.15, -0.1) is 23.7 Å². The van der Waals surface area contributed by atoms with Gasteiger partial charge >= 0.3 is 0 Å². The third kappa shape index (κ3) is 4.10. The Morgan fingerprint density at radius 1 is 1.41 bits per heavy atom. The Morgan fingerprint density at radius 2 is 2.12 bits per heavy atom. The number of piperidine rings is 1. The lowest BCUT2D eigenvalue weighted by Gasteiger charge is -2.25. The van der Waals surface area contributed by atoms with Crippen LogP contribution in [-0.2, 0) is 6.42 Å². The smallest absolute Gasteiger partial charge is 0.185 e. The van der Waals surface area contributed by atoms with E-state index in [9.17, 15) is 0 Å². The van der Waals surface area contributed by atoms with Crippen LogP contribution in [0, 0.1) is 0 Å². The third-order valence-corrected chi connectivity index (χ3v) is 3.95. The van der Waals surface area contributed by atoms with Crippen molar-refractivity contribution in [2.24, 2.45) is 5.73 Å². The minimum absolute atomic E-state index is 0. The van der Waals surface area contributed by atoms with Crippen molar-refractivity contribution < 1.29 is 5.11 Å². The average molecular weight is 278 g/mol. The molecule has 1 saturated heterocycles. The van der Waals surface area contributed by atoms with E-state index in [0.29, 0.717) is 0 Å². The first kappa shape index (κ1) is 14.7. The molecule has 1 fully saturated rings. The minimum Gasteiger partial charge on any atom is -0.395 e. The fourth-order valence-electron chi connectivity index (χ4n) is 1.95. The number of thiazole rings is 1. The molecule has 6 heteroatoms. The standard InChI is InChI=1S/C11H19N3OS.ClH/c12-9(8-15)6-10-7-13-11(16-10)14-4-2-1-3-5-14;/h7,9,15H,1-6,8,12H2;1H. The zero-order chi connectivity index (χ0) is 11.4. The van der Waals surface area contributed by atoms with Crippen LogP contribution in [0.5, 0.6) is 0 Å². The van der Waals surface area contributed by atoms with E-state index in [1.54, 1.807) is 11.3 Å². The molecule has 3 N–H and O–H groups in total. The fourth-order valence-corrected chi connectivity index (χ4v) is 3.00. The average Bonchev–Trinajstić information content (AvgIpc) is 2.78. The van der Waals surface area contributed by atoms with E-state index >= 15 is 0 Å². The summed E-state index contributed by atoms with van der Waals surface area (Å²) in [7, 11) is 0. The van der Waals surface area contributed by atoms with Crippen LogP contribution in [-0.4, -0.2) is 35.8 Å². The molecule has 1 aromatic heterocycles. The molecule has 2 heterocycles. The highest BCUT2D eigenvalue weighted by Crippen LogP contribution is 2.25. The van der Waals surface area contributed by atoms with Gasteiger partial charge in [-0.05, 0) is 19.3 Å². The van der Waals surface area contributed by atoms with E-state index < -0.39 is 0 Å². The monoisotopic (exact) mass is 277 g/mol. The number of rotatable bonds is 4. The largest absolute Gasteiger partial charge is 0.395 e. The molecule has 0 amide bonds. The van der Waals surface area contributed by atoms with Crippen molar-refractivity contribution in [2.75, 3.05) is 24.6 Å². The van der Waals surface area contributed by atoms with Gasteiger partial charge in [0.05, 0.1) is 6.61 Å². The Kier molecular flexibility index (Phi) is 6.19. The molecule has 0 bridgehead atoms. The number of aliphatic hydroxyl groups is 1. The van der Waals surface area contributed by atoms with E-state index in [0.717, 1.165) is 24.6 Å². The Hall–Kier alpha value is -0.360. The predicted molar refractivity (Wildman–Crippen MR) is 74.2 cm³/mol. The summed E-state index contributed by atoms with van der Waals surface area (Å²) in [6.45, 7) is 2.29. The number of anilines is 1. The van der Waals surface area contributed by atoms with Gasteiger partial charge in [0.25, 0.3) is 0 Å². The Morgan fingerprint density at radius 3 is 2.76 bits per heavy atom. The van der Waals surface area contributed by atoms with Gasteiger partial charge in [0, 0.05) is 36.6 Å². The summed E-state index contributed by atoms with van der Waals surface area (Å²) in [6, 6.07) is -0.158. The van der Waals surface area contributed by atoms with Crippen LogP contribution in [0.25, 0.3) is 0 Å². The molecule has 2 rings (SSSR count). The topological polar surface area (TPSA) is 62.4 Å². The molecule has 98 valence electrons. The zero-order valence-corrected chi connectivity index (χ0v) is 11.5. The van der Waals surface area contributed by atoms with E-state index in [-0.39, 0.29) is 25.1 Å². The van der Waals surface area contributed by atoms with E-state index in [2.05, 4.69) is 9.88 Å². The summed E-state index contributed by atoms with van der Waals surface area (Å²) >= 11 is 1.71. The van der Waals surface area contributed by atoms with Crippen LogP contribution in [0.2, 0.25) is 0 Å². The summed E-state index contributed by atoms with van der Waals surface area (Å²) in [6.07, 6.45) is 6.49. The van der Waals surface area contributed by atoms with Crippen LogP contribution in [0.15, 0.2) is 6.20 Å². The van der Waals surface area contributed by atoms with Gasteiger partial charge in [-0.2, -0.15) is 0 Å². The van der Waals surface area contributed by atoms with Gasteiger partial charge in [0.2, 0.25) is 0 Å². The van der Waals surface area contributed by atoms with Crippen molar-refractivity contribution in [3.8, 4) is 0 Å². The molecule has 1 aromatic rings. The van der Waals surface area contributed by atoms with Crippen LogP contribution >= 0.6 is 23.7 Å². The Balaban J connectivity index is 0.00000144. The molecule has 1 aliphatic heterocycles. The second-order valence-corrected chi connectivity index (χ2v) is 5.40. The maximum atomic E-state index is 8.90. The number of nitrogens with two attached hydrogens (primary N) is 1. The maximum absolute atomic E-state index is 8.90. The lowest BCUT2D eigenvalue weighted by Crippen LogP contribution is -2.29. The van der Waals surface area contributed by atoms with Crippen molar-refractivity contribution in [2.45, 2.75) is 31.7 Å². The first-order valence-corrected chi connectivity index (χ1v) is 6.67. The van der Waals surface area contributed by atoms with Crippen LogP contribution in [0.1, 0.15) is 24.1 Å². The second kappa shape index (κ2) is 7.16. The van der Waals surface area contributed by atoms with Crippen molar-refractivity contribution in [1.29, 1.82) is 0 Å². The normalized spacial score (nSPS) is 17.6. The fraction of sp³-hybridized carbons (Fsp3) is 0.727. The lowest BCUT2D eigenvalue weighted by atomic mass is 10.1. The van der Waals surface area contributed by atoms with Crippen molar-refractivity contribution >= 4 is 28.9 Å². The van der Waals surface area contributed by atoms with E-state index in [1.165, 1.54) is 24.1 Å². The van der Waals surface area contributed by atoms with E-state index in [4.69, 9.17) is 10.8 Å². The molecule has 0 aromatic carbocycles. The predicted octanol–water partition coefficient (Wildman–Crippen LogP) is 1.42. The minimum atomic E-state index is -0.158. The molecule has 1 unspecified atom stereocenters. The van der Waals surface area contributed by atoms with Crippen molar-refractivity contribution in [3.63, 3.8) is 0 Å². The maximum Gasteiger partial charge on any atom is 0.185 e. The Bertz CT molecular complexity index is 328. The SMILES string of the molecule is Cl.NC(CO)Cc1cnc(N2CCCCC2)s1. The summed E-state index contributed by atoms with van der Waals surface area (Å²) in [5.41, 5.74) is 5.71. The highest BCUT2D eigenvalue weighted by Gasteiger charge is 2.15. The number of aliphatic hydroxyl groups excluding tert-OH is 1. The van der Waals surface area contributed by atoms with Gasteiger partial charge in [0.15, 0.2) is 5.13 Å². The van der Waals surface area contributed by atoms with Crippen molar-refractivity contribution in [3.05, 3.63) is 11.1 Å². The highest BCUT2D eigenvalue weighted by molar-refractivity contribution is 7.15. The number of halogens is 1. The lowest BCUT2D eigenvalue weighted by molar-refractivity contribution is 0.265. The highest BCUT2D eigenvalue weighted by atomic mass is 35.5. The molecule has 1 atom stereocenters. The molecular formula is C11H20ClN3OS. The molecule has 0 aliphatic carbocycles. The molecule has 1 aliphatic rings. The molecule has 17 heavy (non-hydrogen) atoms.